The Hall–Kier alpha value is -1.63. The molecule has 21 heavy (non-hydrogen) atoms. The van der Waals surface area contributed by atoms with Gasteiger partial charge in [0.05, 0.1) is 5.92 Å². The Labute approximate surface area is 126 Å². The van der Waals surface area contributed by atoms with Gasteiger partial charge in [0.2, 0.25) is 0 Å². The Morgan fingerprint density at radius 3 is 2.86 bits per heavy atom. The van der Waals surface area contributed by atoms with Gasteiger partial charge in [0.15, 0.2) is 11.9 Å². The number of benzene rings is 1. The molecule has 2 fully saturated rings. The second-order valence-electron chi connectivity index (χ2n) is 7.62. The van der Waals surface area contributed by atoms with Gasteiger partial charge in [-0.3, -0.25) is 0 Å². The minimum absolute atomic E-state index is 0.468. The smallest absolute Gasteiger partial charge is 0.196 e. The van der Waals surface area contributed by atoms with Crippen LogP contribution in [0.1, 0.15) is 30.9 Å². The van der Waals surface area contributed by atoms with E-state index in [9.17, 15) is 0 Å². The van der Waals surface area contributed by atoms with Crippen LogP contribution in [0.15, 0.2) is 47.7 Å². The van der Waals surface area contributed by atoms with Crippen molar-refractivity contribution in [3.63, 3.8) is 0 Å². The number of fused-ring (bicyclic) bond motifs is 1. The highest BCUT2D eigenvalue weighted by atomic mass is 15.0. The third-order valence-corrected chi connectivity index (χ3v) is 6.83. The number of allylic oxidation sites excluding steroid dienone is 3. The van der Waals surface area contributed by atoms with E-state index >= 15 is 0 Å². The number of hydrogen-bond donors (Lipinski definition) is 0. The normalized spacial score (nSPS) is 38.9. The molecule has 0 radical (unpaired) electrons. The van der Waals surface area contributed by atoms with Crippen LogP contribution in [0.3, 0.4) is 0 Å². The fourth-order valence-corrected chi connectivity index (χ4v) is 5.57. The maximum atomic E-state index is 2.60. The monoisotopic (exact) mass is 276 g/mol. The quantitative estimate of drug-likeness (QED) is 0.684. The molecule has 2 heterocycles. The molecule has 1 nitrogen and oxygen atoms in total. The van der Waals surface area contributed by atoms with Crippen molar-refractivity contribution in [3.8, 4) is 0 Å². The fourth-order valence-electron chi connectivity index (χ4n) is 5.57. The molecule has 0 amide bonds. The van der Waals surface area contributed by atoms with E-state index in [1.54, 1.807) is 11.1 Å². The topological polar surface area (TPSA) is 3.01 Å². The van der Waals surface area contributed by atoms with E-state index in [-0.39, 0.29) is 0 Å². The largest absolute Gasteiger partial charge is 0.204 e. The summed E-state index contributed by atoms with van der Waals surface area (Å²) in [6.07, 6.45) is 7.79. The van der Waals surface area contributed by atoms with Crippen molar-refractivity contribution in [2.24, 2.45) is 23.2 Å². The minimum atomic E-state index is 0.468. The van der Waals surface area contributed by atoms with Gasteiger partial charge in [0, 0.05) is 11.1 Å². The van der Waals surface area contributed by atoms with Crippen molar-refractivity contribution >= 4 is 5.71 Å². The van der Waals surface area contributed by atoms with E-state index < -0.39 is 0 Å². The molecule has 0 saturated heterocycles. The first-order valence-electron chi connectivity index (χ1n) is 8.19. The van der Waals surface area contributed by atoms with Crippen molar-refractivity contribution in [2.45, 2.75) is 26.7 Å². The van der Waals surface area contributed by atoms with Crippen LogP contribution in [-0.4, -0.2) is 17.3 Å². The summed E-state index contributed by atoms with van der Waals surface area (Å²) in [5.41, 5.74) is 8.12. The zero-order valence-corrected chi connectivity index (χ0v) is 13.1. The Kier molecular flexibility index (Phi) is 2.04. The third kappa shape index (κ3) is 1.23. The van der Waals surface area contributed by atoms with E-state index in [2.05, 4.69) is 62.0 Å². The summed E-state index contributed by atoms with van der Waals surface area (Å²) in [7, 11) is 2.25. The van der Waals surface area contributed by atoms with Crippen LogP contribution in [0, 0.1) is 30.1 Å². The van der Waals surface area contributed by atoms with Gasteiger partial charge in [-0.25, -0.2) is 4.58 Å². The molecule has 4 atom stereocenters. The molecule has 1 heteroatoms. The Balaban J connectivity index is 1.79. The van der Waals surface area contributed by atoms with Gasteiger partial charge in [0.25, 0.3) is 0 Å². The zero-order valence-electron chi connectivity index (χ0n) is 13.1. The molecule has 6 aliphatic rings. The Morgan fingerprint density at radius 2 is 2.05 bits per heavy atom. The van der Waals surface area contributed by atoms with E-state index in [4.69, 9.17) is 0 Å². The molecule has 0 N–H and O–H groups in total. The number of hydrogen-bond acceptors (Lipinski definition) is 0. The standard InChI is InChI=1S/C20H22N/c1-12-6-4-5-7-15(12)19-18-9-13-8-14-10-17(20(14,18)2)16(13)11-21(19)3/h4-7,9,11,14,17-18H,8,10H2,1-3H3/q+1. The highest BCUT2D eigenvalue weighted by Gasteiger charge is 2.66. The van der Waals surface area contributed by atoms with Crippen LogP contribution < -0.4 is 0 Å². The second-order valence-corrected chi connectivity index (χ2v) is 7.62. The lowest BCUT2D eigenvalue weighted by atomic mass is 9.38. The fraction of sp³-hybridized carbons (Fsp3) is 0.450. The highest BCUT2D eigenvalue weighted by Crippen LogP contribution is 2.70. The summed E-state index contributed by atoms with van der Waals surface area (Å²) >= 11 is 0. The zero-order chi connectivity index (χ0) is 14.4. The molecule has 4 aliphatic carbocycles. The van der Waals surface area contributed by atoms with Crippen LogP contribution in [0.5, 0.6) is 0 Å². The maximum absolute atomic E-state index is 2.60. The Bertz CT molecular complexity index is 764. The molecule has 1 aromatic carbocycles. The molecule has 2 saturated carbocycles. The van der Waals surface area contributed by atoms with Crippen LogP contribution in [0.2, 0.25) is 0 Å². The minimum Gasteiger partial charge on any atom is -0.204 e. The molecule has 0 aromatic heterocycles. The van der Waals surface area contributed by atoms with Gasteiger partial charge in [-0.15, -0.1) is 0 Å². The third-order valence-electron chi connectivity index (χ3n) is 6.83. The summed E-state index contributed by atoms with van der Waals surface area (Å²) in [4.78, 5) is 0. The molecule has 4 unspecified atom stereocenters. The van der Waals surface area contributed by atoms with Crippen molar-refractivity contribution in [1.82, 2.24) is 0 Å². The average Bonchev–Trinajstić information content (AvgIpc) is 2.63. The lowest BCUT2D eigenvalue weighted by Crippen LogP contribution is -2.59. The van der Waals surface area contributed by atoms with E-state index in [0.29, 0.717) is 11.3 Å². The first-order valence-corrected chi connectivity index (χ1v) is 8.19. The average molecular weight is 276 g/mol. The van der Waals surface area contributed by atoms with Crippen LogP contribution in [-0.2, 0) is 0 Å². The molecular formula is C20H22N+. The van der Waals surface area contributed by atoms with Crippen molar-refractivity contribution in [2.75, 3.05) is 7.05 Å². The van der Waals surface area contributed by atoms with Gasteiger partial charge in [0.1, 0.15) is 7.05 Å². The summed E-state index contributed by atoms with van der Waals surface area (Å²) < 4.78 is 2.43. The summed E-state index contributed by atoms with van der Waals surface area (Å²) in [5.74, 6) is 2.32. The van der Waals surface area contributed by atoms with Crippen molar-refractivity contribution in [3.05, 3.63) is 58.8 Å². The van der Waals surface area contributed by atoms with Crippen molar-refractivity contribution in [1.29, 1.82) is 0 Å². The molecule has 6 bridgehead atoms. The van der Waals surface area contributed by atoms with Crippen LogP contribution in [0.25, 0.3) is 0 Å². The molecular weight excluding hydrogens is 254 g/mol. The van der Waals surface area contributed by atoms with E-state index in [0.717, 1.165) is 11.8 Å². The van der Waals surface area contributed by atoms with Gasteiger partial charge in [-0.2, -0.15) is 0 Å². The number of aryl methyl sites for hydroxylation is 1. The molecule has 7 rings (SSSR count). The van der Waals surface area contributed by atoms with Gasteiger partial charge in [-0.05, 0) is 54.2 Å². The summed E-state index contributed by atoms with van der Waals surface area (Å²) in [6, 6.07) is 8.88. The van der Waals surface area contributed by atoms with Gasteiger partial charge in [-0.1, -0.05) is 31.2 Å². The SMILES string of the molecule is Cc1ccccc1C1=[N+](C)C=C2C3=CC1C1(C)C(C3)CC21. The molecule has 1 aromatic rings. The first-order chi connectivity index (χ1) is 10.1. The highest BCUT2D eigenvalue weighted by molar-refractivity contribution is 6.02. The Morgan fingerprint density at radius 1 is 1.24 bits per heavy atom. The van der Waals surface area contributed by atoms with E-state index in [1.807, 2.05) is 0 Å². The van der Waals surface area contributed by atoms with Gasteiger partial charge >= 0.3 is 0 Å². The van der Waals surface area contributed by atoms with E-state index in [1.165, 1.54) is 29.7 Å². The van der Waals surface area contributed by atoms with Gasteiger partial charge < -0.3 is 0 Å². The molecule has 0 spiro atoms. The van der Waals surface area contributed by atoms with Crippen LogP contribution >= 0.6 is 0 Å². The number of rotatable bonds is 1. The van der Waals surface area contributed by atoms with Crippen molar-refractivity contribution < 1.29 is 4.58 Å². The second kappa shape index (κ2) is 3.58. The summed E-state index contributed by atoms with van der Waals surface area (Å²) in [5, 5.41) is 0. The first kappa shape index (κ1) is 12.0. The lowest BCUT2D eigenvalue weighted by molar-refractivity contribution is -0.424. The molecule has 2 aliphatic heterocycles. The summed E-state index contributed by atoms with van der Waals surface area (Å²) in [6.45, 7) is 4.79. The maximum Gasteiger partial charge on any atom is 0.196 e. The van der Waals surface area contributed by atoms with Crippen LogP contribution in [0.4, 0.5) is 0 Å². The molecule has 106 valence electrons. The predicted octanol–water partition coefficient (Wildman–Crippen LogP) is 3.93. The number of nitrogens with zero attached hydrogens (tertiary/aromatic N) is 1. The predicted molar refractivity (Wildman–Crippen MR) is 85.4 cm³/mol. The lowest BCUT2D eigenvalue weighted by Gasteiger charge is -2.64.